The van der Waals surface area contributed by atoms with Gasteiger partial charge >= 0.3 is 0 Å². The number of thioether (sulfide) groups is 1. The van der Waals surface area contributed by atoms with Gasteiger partial charge in [0.15, 0.2) is 9.84 Å². The molecule has 0 bridgehead atoms. The summed E-state index contributed by atoms with van der Waals surface area (Å²) < 4.78 is 30.6. The monoisotopic (exact) mass is 407 g/mol. The summed E-state index contributed by atoms with van der Waals surface area (Å²) in [5, 5.41) is 7.62. The lowest BCUT2D eigenvalue weighted by Crippen LogP contribution is -2.21. The number of ether oxygens (including phenoxy) is 1. The van der Waals surface area contributed by atoms with E-state index in [1.807, 2.05) is 24.3 Å². The zero-order valence-electron chi connectivity index (χ0n) is 15.0. The van der Waals surface area contributed by atoms with Crippen LogP contribution in [0.5, 0.6) is 5.75 Å². The number of amides is 1. The Labute approximate surface area is 162 Å². The first-order chi connectivity index (χ1) is 12.9. The van der Waals surface area contributed by atoms with E-state index in [0.29, 0.717) is 12.2 Å². The molecule has 0 saturated carbocycles. The first-order valence-electron chi connectivity index (χ1n) is 8.76. The van der Waals surface area contributed by atoms with Crippen molar-refractivity contribution in [1.29, 1.82) is 0 Å². The third-order valence-corrected chi connectivity index (χ3v) is 7.63. The molecule has 3 heterocycles. The van der Waals surface area contributed by atoms with E-state index in [9.17, 15) is 13.2 Å². The average molecular weight is 408 g/mol. The van der Waals surface area contributed by atoms with E-state index in [-0.39, 0.29) is 29.9 Å². The van der Waals surface area contributed by atoms with Gasteiger partial charge in [-0.25, -0.2) is 13.1 Å². The van der Waals surface area contributed by atoms with Crippen LogP contribution in [0.2, 0.25) is 0 Å². The third-order valence-electron chi connectivity index (χ3n) is 4.91. The average Bonchev–Trinajstić information content (AvgIpc) is 3.31. The van der Waals surface area contributed by atoms with E-state index in [0.717, 1.165) is 34.1 Å². The summed E-state index contributed by atoms with van der Waals surface area (Å²) in [7, 11) is -1.43. The van der Waals surface area contributed by atoms with E-state index < -0.39 is 9.84 Å². The Morgan fingerprint density at radius 3 is 2.78 bits per heavy atom. The van der Waals surface area contributed by atoms with Crippen LogP contribution in [0, 0.1) is 0 Å². The Balaban J connectivity index is 1.54. The molecular formula is C18H21N3O4S2. The molecule has 1 fully saturated rings. The fourth-order valence-electron chi connectivity index (χ4n) is 3.50. The van der Waals surface area contributed by atoms with Crippen molar-refractivity contribution in [3.05, 3.63) is 41.1 Å². The number of sulfone groups is 1. The number of nitrogens with one attached hydrogen (secondary N) is 1. The van der Waals surface area contributed by atoms with Gasteiger partial charge in [0.05, 0.1) is 36.8 Å². The van der Waals surface area contributed by atoms with Gasteiger partial charge < -0.3 is 10.1 Å². The topological polar surface area (TPSA) is 90.3 Å². The van der Waals surface area contributed by atoms with E-state index in [1.165, 1.54) is 0 Å². The number of methoxy groups -OCH3 is 1. The quantitative estimate of drug-likeness (QED) is 0.817. The smallest absolute Gasteiger partial charge is 0.229 e. The summed E-state index contributed by atoms with van der Waals surface area (Å²) in [6.45, 7) is 0. The van der Waals surface area contributed by atoms with E-state index >= 15 is 0 Å². The maximum absolute atomic E-state index is 12.6. The van der Waals surface area contributed by atoms with Crippen LogP contribution in [-0.2, 0) is 32.6 Å². The van der Waals surface area contributed by atoms with Gasteiger partial charge in [-0.1, -0.05) is 12.1 Å². The molecule has 27 heavy (non-hydrogen) atoms. The maximum atomic E-state index is 12.6. The van der Waals surface area contributed by atoms with Crippen LogP contribution in [-0.4, -0.2) is 42.7 Å². The van der Waals surface area contributed by atoms with Crippen LogP contribution < -0.4 is 10.1 Å². The number of hydrogen-bond acceptors (Lipinski definition) is 6. The van der Waals surface area contributed by atoms with E-state index in [2.05, 4.69) is 10.4 Å². The zero-order chi connectivity index (χ0) is 19.0. The van der Waals surface area contributed by atoms with Crippen molar-refractivity contribution in [2.75, 3.05) is 23.9 Å². The fourth-order valence-corrected chi connectivity index (χ4v) is 6.23. The molecule has 1 saturated heterocycles. The van der Waals surface area contributed by atoms with Crippen LogP contribution in [0.3, 0.4) is 0 Å². The number of nitrogens with zero attached hydrogens (tertiary/aromatic N) is 2. The lowest BCUT2D eigenvalue weighted by atomic mass is 10.1. The predicted molar refractivity (Wildman–Crippen MR) is 105 cm³/mol. The molecule has 2 aliphatic rings. The molecule has 1 aromatic heterocycles. The molecular weight excluding hydrogens is 386 g/mol. The zero-order valence-corrected chi connectivity index (χ0v) is 16.6. The molecule has 0 radical (unpaired) electrons. The van der Waals surface area contributed by atoms with Crippen molar-refractivity contribution >= 4 is 33.3 Å². The molecule has 7 nitrogen and oxygen atoms in total. The number of carbonyl (C=O) groups excluding carboxylic acids is 1. The van der Waals surface area contributed by atoms with Crippen molar-refractivity contribution in [2.24, 2.45) is 0 Å². The van der Waals surface area contributed by atoms with Crippen molar-refractivity contribution in [3.63, 3.8) is 0 Å². The highest BCUT2D eigenvalue weighted by Gasteiger charge is 2.34. The van der Waals surface area contributed by atoms with Crippen LogP contribution in [0.25, 0.3) is 0 Å². The molecule has 144 valence electrons. The second-order valence-corrected chi connectivity index (χ2v) is 10.1. The number of carbonyl (C=O) groups is 1. The summed E-state index contributed by atoms with van der Waals surface area (Å²) in [5.74, 6) is 3.11. The second kappa shape index (κ2) is 7.20. The second-order valence-electron chi connectivity index (χ2n) is 6.84. The molecule has 2 aromatic rings. The van der Waals surface area contributed by atoms with Gasteiger partial charge in [-0.3, -0.25) is 4.79 Å². The Morgan fingerprint density at radius 2 is 2.11 bits per heavy atom. The fraction of sp³-hybridized carbons (Fsp3) is 0.444. The molecule has 0 spiro atoms. The number of aromatic nitrogens is 2. The lowest BCUT2D eigenvalue weighted by molar-refractivity contribution is -0.115. The highest BCUT2D eigenvalue weighted by molar-refractivity contribution is 7.98. The van der Waals surface area contributed by atoms with Gasteiger partial charge in [0.2, 0.25) is 5.91 Å². The highest BCUT2D eigenvalue weighted by atomic mass is 32.2. The molecule has 9 heteroatoms. The summed E-state index contributed by atoms with van der Waals surface area (Å²) >= 11 is 1.75. The summed E-state index contributed by atoms with van der Waals surface area (Å²) in [6, 6.07) is 7.16. The Bertz CT molecular complexity index is 967. The Hall–Kier alpha value is -2.00. The normalized spacial score (nSPS) is 20.4. The van der Waals surface area contributed by atoms with Crippen molar-refractivity contribution in [1.82, 2.24) is 9.78 Å². The van der Waals surface area contributed by atoms with Gasteiger partial charge in [0.25, 0.3) is 0 Å². The van der Waals surface area contributed by atoms with Gasteiger partial charge in [-0.05, 0) is 24.1 Å². The van der Waals surface area contributed by atoms with Crippen molar-refractivity contribution in [3.8, 4) is 5.75 Å². The number of anilines is 1. The summed E-state index contributed by atoms with van der Waals surface area (Å²) in [6.07, 6.45) is 0.775. The minimum absolute atomic E-state index is 0.0854. The SMILES string of the molecule is COc1ccc(CC(=O)Nc2c3c(nn2C2CCS(=O)(=O)C2)CSC3)cc1. The summed E-state index contributed by atoms with van der Waals surface area (Å²) in [4.78, 5) is 12.6. The van der Waals surface area contributed by atoms with Crippen molar-refractivity contribution < 1.29 is 17.9 Å². The van der Waals surface area contributed by atoms with Gasteiger partial charge in [-0.15, -0.1) is 0 Å². The van der Waals surface area contributed by atoms with Gasteiger partial charge in [0, 0.05) is 17.1 Å². The van der Waals surface area contributed by atoms with Gasteiger partial charge in [0.1, 0.15) is 11.6 Å². The lowest BCUT2D eigenvalue weighted by Gasteiger charge is -2.15. The first-order valence-corrected chi connectivity index (χ1v) is 11.7. The maximum Gasteiger partial charge on any atom is 0.229 e. The third kappa shape index (κ3) is 3.84. The molecule has 4 rings (SSSR count). The van der Waals surface area contributed by atoms with Crippen LogP contribution in [0.15, 0.2) is 24.3 Å². The number of benzene rings is 1. The molecule has 1 aromatic carbocycles. The molecule has 1 amide bonds. The minimum atomic E-state index is -3.03. The van der Waals surface area contributed by atoms with E-state index in [4.69, 9.17) is 4.74 Å². The summed E-state index contributed by atoms with van der Waals surface area (Å²) in [5.41, 5.74) is 2.85. The van der Waals surface area contributed by atoms with Crippen LogP contribution in [0.4, 0.5) is 5.82 Å². The molecule has 2 aliphatic heterocycles. The van der Waals surface area contributed by atoms with E-state index in [1.54, 1.807) is 23.6 Å². The standard InChI is InChI=1S/C18H21N3O4S2/c1-25-14-4-2-12(3-5-14)8-17(22)19-18-15-9-26-10-16(15)20-21(18)13-6-7-27(23,24)11-13/h2-5,13H,6-11H2,1H3,(H,19,22). The molecule has 1 unspecified atom stereocenters. The number of fused-ring (bicyclic) bond motifs is 1. The Morgan fingerprint density at radius 1 is 1.33 bits per heavy atom. The molecule has 1 N–H and O–H groups in total. The predicted octanol–water partition coefficient (Wildman–Crippen LogP) is 2.18. The largest absolute Gasteiger partial charge is 0.497 e. The van der Waals surface area contributed by atoms with Crippen LogP contribution >= 0.6 is 11.8 Å². The van der Waals surface area contributed by atoms with Crippen LogP contribution in [0.1, 0.15) is 29.3 Å². The van der Waals surface area contributed by atoms with Crippen molar-refractivity contribution in [2.45, 2.75) is 30.4 Å². The number of rotatable bonds is 5. The molecule has 0 aliphatic carbocycles. The molecule has 1 atom stereocenters. The minimum Gasteiger partial charge on any atom is -0.497 e. The highest BCUT2D eigenvalue weighted by Crippen LogP contribution is 2.38. The Kier molecular flexibility index (Phi) is 4.90. The van der Waals surface area contributed by atoms with Gasteiger partial charge in [-0.2, -0.15) is 16.9 Å². The number of hydrogen-bond donors (Lipinski definition) is 1. The first kappa shape index (κ1) is 18.4.